The van der Waals surface area contributed by atoms with E-state index in [1.165, 1.54) is 12.1 Å². The van der Waals surface area contributed by atoms with Crippen LogP contribution in [0.25, 0.3) is 0 Å². The monoisotopic (exact) mass is 288 g/mol. The highest BCUT2D eigenvalue weighted by Gasteiger charge is 2.21. The Morgan fingerprint density at radius 3 is 2.48 bits per heavy atom. The number of rotatable bonds is 3. The standard InChI is InChI=1S/C14H13FN4O2/c1-14(2,3)21-13(20)11-6-9(4-5-12(11)15)18-19-10(7-16)8-17/h4-6,18H,1-3H3. The molecule has 0 heterocycles. The van der Waals surface area contributed by atoms with Crippen molar-refractivity contribution in [2.24, 2.45) is 5.10 Å². The largest absolute Gasteiger partial charge is 0.456 e. The number of hydrazone groups is 1. The summed E-state index contributed by atoms with van der Waals surface area (Å²) in [4.78, 5) is 11.9. The van der Waals surface area contributed by atoms with Crippen LogP contribution in [0.3, 0.4) is 0 Å². The number of benzene rings is 1. The van der Waals surface area contributed by atoms with Crippen molar-refractivity contribution < 1.29 is 13.9 Å². The summed E-state index contributed by atoms with van der Waals surface area (Å²) in [5.74, 6) is -1.55. The zero-order valence-electron chi connectivity index (χ0n) is 11.8. The van der Waals surface area contributed by atoms with Gasteiger partial charge in [-0.25, -0.2) is 9.18 Å². The molecule has 0 saturated heterocycles. The van der Waals surface area contributed by atoms with E-state index >= 15 is 0 Å². The van der Waals surface area contributed by atoms with Gasteiger partial charge in [0.2, 0.25) is 5.71 Å². The minimum atomic E-state index is -0.812. The van der Waals surface area contributed by atoms with Crippen LogP contribution in [0.1, 0.15) is 31.1 Å². The molecule has 0 bridgehead atoms. The van der Waals surface area contributed by atoms with E-state index in [-0.39, 0.29) is 11.3 Å². The summed E-state index contributed by atoms with van der Waals surface area (Å²) in [5.41, 5.74) is 1.25. The maximum absolute atomic E-state index is 13.7. The van der Waals surface area contributed by atoms with Gasteiger partial charge >= 0.3 is 5.97 Å². The fraction of sp³-hybridized carbons (Fsp3) is 0.286. The van der Waals surface area contributed by atoms with Gasteiger partial charge in [-0.15, -0.1) is 0 Å². The molecule has 1 aromatic rings. The summed E-state index contributed by atoms with van der Waals surface area (Å²) in [7, 11) is 0. The predicted molar refractivity (Wildman–Crippen MR) is 73.9 cm³/mol. The molecule has 6 nitrogen and oxygen atoms in total. The Balaban J connectivity index is 3.01. The molecule has 1 aromatic carbocycles. The normalized spacial score (nSPS) is 10.0. The first-order valence-electron chi connectivity index (χ1n) is 5.93. The highest BCUT2D eigenvalue weighted by atomic mass is 19.1. The van der Waals surface area contributed by atoms with Crippen LogP contribution in [0.2, 0.25) is 0 Å². The highest BCUT2D eigenvalue weighted by Crippen LogP contribution is 2.18. The molecule has 0 aliphatic carbocycles. The Hall–Kier alpha value is -2.93. The van der Waals surface area contributed by atoms with Crippen molar-refractivity contribution >= 4 is 17.4 Å². The van der Waals surface area contributed by atoms with Crippen LogP contribution in [-0.4, -0.2) is 17.3 Å². The van der Waals surface area contributed by atoms with Crippen LogP contribution in [0.5, 0.6) is 0 Å². The Morgan fingerprint density at radius 1 is 1.33 bits per heavy atom. The van der Waals surface area contributed by atoms with E-state index in [9.17, 15) is 9.18 Å². The number of nitrogens with zero attached hydrogens (tertiary/aromatic N) is 3. The molecule has 21 heavy (non-hydrogen) atoms. The molecule has 0 amide bonds. The van der Waals surface area contributed by atoms with E-state index in [0.29, 0.717) is 0 Å². The molecule has 1 N–H and O–H groups in total. The van der Waals surface area contributed by atoms with E-state index in [1.807, 2.05) is 0 Å². The maximum Gasteiger partial charge on any atom is 0.341 e. The summed E-state index contributed by atoms with van der Waals surface area (Å²) in [6.45, 7) is 5.00. The first-order chi connectivity index (χ1) is 9.76. The molecular formula is C14H13FN4O2. The lowest BCUT2D eigenvalue weighted by molar-refractivity contribution is 0.00648. The number of nitrogens with one attached hydrogen (secondary N) is 1. The number of esters is 1. The number of ether oxygens (including phenoxy) is 1. The van der Waals surface area contributed by atoms with Crippen molar-refractivity contribution in [2.75, 3.05) is 5.43 Å². The maximum atomic E-state index is 13.7. The van der Waals surface area contributed by atoms with Crippen molar-refractivity contribution in [1.29, 1.82) is 10.5 Å². The van der Waals surface area contributed by atoms with Crippen LogP contribution >= 0.6 is 0 Å². The number of carbonyl (C=O) groups is 1. The predicted octanol–water partition coefficient (Wildman–Crippen LogP) is 2.60. The average Bonchev–Trinajstić information content (AvgIpc) is 2.39. The quantitative estimate of drug-likeness (QED) is 0.523. The summed E-state index contributed by atoms with van der Waals surface area (Å²) in [6.07, 6.45) is 0. The molecule has 0 aromatic heterocycles. The third-order valence-electron chi connectivity index (χ3n) is 2.09. The highest BCUT2D eigenvalue weighted by molar-refractivity contribution is 6.10. The van der Waals surface area contributed by atoms with Gasteiger partial charge in [0.15, 0.2) is 0 Å². The lowest BCUT2D eigenvalue weighted by Crippen LogP contribution is -2.24. The molecule has 0 radical (unpaired) electrons. The fourth-order valence-corrected chi connectivity index (χ4v) is 1.28. The zero-order valence-corrected chi connectivity index (χ0v) is 11.8. The van der Waals surface area contributed by atoms with E-state index in [4.69, 9.17) is 15.3 Å². The third kappa shape index (κ3) is 4.92. The average molecular weight is 288 g/mol. The topological polar surface area (TPSA) is 98.3 Å². The first-order valence-corrected chi connectivity index (χ1v) is 5.93. The zero-order chi connectivity index (χ0) is 16.0. The molecular weight excluding hydrogens is 275 g/mol. The first kappa shape index (κ1) is 16.1. The second kappa shape index (κ2) is 6.49. The van der Waals surface area contributed by atoms with Crippen molar-refractivity contribution in [2.45, 2.75) is 26.4 Å². The summed E-state index contributed by atoms with van der Waals surface area (Å²) >= 11 is 0. The molecule has 0 fully saturated rings. The molecule has 0 atom stereocenters. The molecule has 1 rings (SSSR count). The molecule has 0 spiro atoms. The Bertz CT molecular complexity index is 647. The molecule has 108 valence electrons. The molecule has 7 heteroatoms. The molecule has 0 aliphatic heterocycles. The van der Waals surface area contributed by atoms with Gasteiger partial charge in [-0.2, -0.15) is 15.6 Å². The van der Waals surface area contributed by atoms with Gasteiger partial charge < -0.3 is 4.74 Å². The Kier molecular flexibility index (Phi) is 4.98. The van der Waals surface area contributed by atoms with E-state index in [2.05, 4.69) is 10.5 Å². The van der Waals surface area contributed by atoms with Crippen molar-refractivity contribution in [1.82, 2.24) is 0 Å². The number of halogens is 1. The summed E-state index contributed by atoms with van der Waals surface area (Å²) in [5, 5.41) is 20.6. The number of hydrogen-bond donors (Lipinski definition) is 1. The van der Waals surface area contributed by atoms with Gasteiger partial charge in [-0.1, -0.05) is 0 Å². The lowest BCUT2D eigenvalue weighted by Gasteiger charge is -2.19. The number of nitriles is 2. The van der Waals surface area contributed by atoms with Gasteiger partial charge in [-0.3, -0.25) is 5.43 Å². The van der Waals surface area contributed by atoms with Crippen molar-refractivity contribution in [3.8, 4) is 12.1 Å². The van der Waals surface area contributed by atoms with E-state index in [0.717, 1.165) is 6.07 Å². The lowest BCUT2D eigenvalue weighted by atomic mass is 10.1. The molecule has 0 saturated carbocycles. The van der Waals surface area contributed by atoms with E-state index in [1.54, 1.807) is 32.9 Å². The molecule has 0 aliphatic rings. The number of carbonyl (C=O) groups excluding carboxylic acids is 1. The van der Waals surface area contributed by atoms with Crippen LogP contribution in [-0.2, 0) is 4.74 Å². The minimum absolute atomic E-state index is 0.250. The Morgan fingerprint density at radius 2 is 1.95 bits per heavy atom. The second-order valence-corrected chi connectivity index (χ2v) is 4.99. The van der Waals surface area contributed by atoms with Crippen LogP contribution in [0.4, 0.5) is 10.1 Å². The number of anilines is 1. The van der Waals surface area contributed by atoms with E-state index < -0.39 is 23.1 Å². The smallest absolute Gasteiger partial charge is 0.341 e. The number of hydrogen-bond acceptors (Lipinski definition) is 6. The minimum Gasteiger partial charge on any atom is -0.456 e. The van der Waals surface area contributed by atoms with Crippen LogP contribution < -0.4 is 5.43 Å². The van der Waals surface area contributed by atoms with Crippen molar-refractivity contribution in [3.05, 3.63) is 29.6 Å². The van der Waals surface area contributed by atoms with Gasteiger partial charge in [0, 0.05) is 0 Å². The van der Waals surface area contributed by atoms with Gasteiger partial charge in [0.25, 0.3) is 0 Å². The summed E-state index contributed by atoms with van der Waals surface area (Å²) < 4.78 is 18.7. The Labute approximate surface area is 121 Å². The van der Waals surface area contributed by atoms with Crippen LogP contribution in [0, 0.1) is 28.5 Å². The molecule has 0 unspecified atom stereocenters. The second-order valence-electron chi connectivity index (χ2n) is 4.99. The van der Waals surface area contributed by atoms with Gasteiger partial charge in [0.05, 0.1) is 11.3 Å². The fourth-order valence-electron chi connectivity index (χ4n) is 1.28. The van der Waals surface area contributed by atoms with Gasteiger partial charge in [-0.05, 0) is 39.0 Å². The van der Waals surface area contributed by atoms with Gasteiger partial charge in [0.1, 0.15) is 23.6 Å². The van der Waals surface area contributed by atoms with Crippen molar-refractivity contribution in [3.63, 3.8) is 0 Å². The van der Waals surface area contributed by atoms with Crippen LogP contribution in [0.15, 0.2) is 23.3 Å². The SMILES string of the molecule is CC(C)(C)OC(=O)c1cc(NN=C(C#N)C#N)ccc1F. The third-order valence-corrected chi connectivity index (χ3v) is 2.09. The summed E-state index contributed by atoms with van der Waals surface area (Å²) in [6, 6.07) is 6.70.